The van der Waals surface area contributed by atoms with Gasteiger partial charge in [-0.3, -0.25) is 0 Å². The maximum absolute atomic E-state index is 12.0. The second-order valence-corrected chi connectivity index (χ2v) is 3.25. The molecule has 0 aromatic carbocycles. The fraction of sp³-hybridized carbons (Fsp3) is 0.286. The van der Waals surface area contributed by atoms with E-state index < -0.39 is 11.1 Å². The summed E-state index contributed by atoms with van der Waals surface area (Å²) in [6, 6.07) is 2.34. The molecule has 0 unspecified atom stereocenters. The molecular formula is C7H4F3NS. The fourth-order valence-corrected chi connectivity index (χ4v) is 1.49. The van der Waals surface area contributed by atoms with Crippen molar-refractivity contribution in [3.05, 3.63) is 33.3 Å². The molecule has 0 bridgehead atoms. The third kappa shape index (κ3) is 1.98. The van der Waals surface area contributed by atoms with E-state index in [1.807, 2.05) is 0 Å². The van der Waals surface area contributed by atoms with Gasteiger partial charge in [-0.15, -0.1) is 11.3 Å². The van der Waals surface area contributed by atoms with Crippen molar-refractivity contribution >= 4 is 11.3 Å². The molecule has 0 spiro atoms. The zero-order chi connectivity index (χ0) is 9.19. The van der Waals surface area contributed by atoms with Gasteiger partial charge >= 0.3 is 6.18 Å². The second-order valence-electron chi connectivity index (χ2n) is 2.08. The molecule has 0 aliphatic carbocycles. The molecule has 5 heteroatoms. The highest BCUT2D eigenvalue weighted by molar-refractivity contribution is 7.12. The van der Waals surface area contributed by atoms with Crippen LogP contribution in [0.3, 0.4) is 0 Å². The maximum atomic E-state index is 12.0. The Bertz CT molecular complexity index is 307. The Labute approximate surface area is 71.3 Å². The first-order valence-corrected chi connectivity index (χ1v) is 3.85. The minimum Gasteiger partial charge on any atom is -0.311 e. The van der Waals surface area contributed by atoms with Crippen LogP contribution in [0.5, 0.6) is 0 Å². The number of rotatable bonds is 1. The molecule has 1 heterocycles. The highest BCUT2D eigenvalue weighted by Crippen LogP contribution is 2.34. The van der Waals surface area contributed by atoms with E-state index in [0.717, 1.165) is 6.07 Å². The fourth-order valence-electron chi connectivity index (χ4n) is 0.693. The van der Waals surface area contributed by atoms with Gasteiger partial charge < -0.3 is 4.85 Å². The lowest BCUT2D eigenvalue weighted by Crippen LogP contribution is -2.00. The first kappa shape index (κ1) is 9.07. The average Bonchev–Trinajstić information content (AvgIpc) is 2.35. The predicted octanol–water partition coefficient (Wildman–Crippen LogP) is 3.19. The van der Waals surface area contributed by atoms with E-state index in [2.05, 4.69) is 4.85 Å². The van der Waals surface area contributed by atoms with Gasteiger partial charge in [-0.1, -0.05) is 0 Å². The normalized spacial score (nSPS) is 11.2. The summed E-state index contributed by atoms with van der Waals surface area (Å²) in [6.07, 6.45) is -4.27. The van der Waals surface area contributed by atoms with Crippen LogP contribution in [0.1, 0.15) is 9.75 Å². The van der Waals surface area contributed by atoms with Crippen molar-refractivity contribution in [3.63, 3.8) is 0 Å². The molecule has 1 rings (SSSR count). The number of thiophene rings is 1. The van der Waals surface area contributed by atoms with Gasteiger partial charge in [-0.05, 0) is 12.1 Å². The third-order valence-corrected chi connectivity index (χ3v) is 2.29. The number of alkyl halides is 3. The number of halogens is 3. The molecule has 12 heavy (non-hydrogen) atoms. The van der Waals surface area contributed by atoms with Gasteiger partial charge in [0.05, 0.1) is 4.88 Å². The molecule has 0 radical (unpaired) electrons. The third-order valence-electron chi connectivity index (χ3n) is 1.18. The van der Waals surface area contributed by atoms with Crippen molar-refractivity contribution in [2.75, 3.05) is 0 Å². The van der Waals surface area contributed by atoms with E-state index >= 15 is 0 Å². The molecule has 0 N–H and O–H groups in total. The zero-order valence-corrected chi connectivity index (χ0v) is 6.67. The molecule has 0 aliphatic rings. The molecule has 0 fully saturated rings. The second kappa shape index (κ2) is 3.15. The van der Waals surface area contributed by atoms with Gasteiger partial charge in [-0.25, -0.2) is 6.57 Å². The van der Waals surface area contributed by atoms with Crippen LogP contribution in [0.25, 0.3) is 4.85 Å². The molecular weight excluding hydrogens is 187 g/mol. The average molecular weight is 191 g/mol. The molecule has 1 nitrogen and oxygen atoms in total. The largest absolute Gasteiger partial charge is 0.425 e. The molecule has 0 amide bonds. The van der Waals surface area contributed by atoms with Gasteiger partial charge in [-0.2, -0.15) is 13.2 Å². The SMILES string of the molecule is [C-]#[N+]Cc1ccc(C(F)(F)F)s1. The maximum Gasteiger partial charge on any atom is 0.425 e. The van der Waals surface area contributed by atoms with Crippen molar-refractivity contribution < 1.29 is 13.2 Å². The van der Waals surface area contributed by atoms with Crippen LogP contribution >= 0.6 is 11.3 Å². The molecule has 1 aromatic rings. The van der Waals surface area contributed by atoms with Crippen LogP contribution < -0.4 is 0 Å². The topological polar surface area (TPSA) is 4.36 Å². The Morgan fingerprint density at radius 2 is 2.08 bits per heavy atom. The van der Waals surface area contributed by atoms with Gasteiger partial charge in [0.25, 0.3) is 0 Å². The van der Waals surface area contributed by atoms with Crippen molar-refractivity contribution in [2.45, 2.75) is 12.7 Å². The van der Waals surface area contributed by atoms with Crippen LogP contribution in [0.4, 0.5) is 13.2 Å². The molecule has 0 aliphatic heterocycles. The Morgan fingerprint density at radius 3 is 2.50 bits per heavy atom. The Hall–Kier alpha value is -1.02. The molecule has 0 atom stereocenters. The summed E-state index contributed by atoms with van der Waals surface area (Å²) >= 11 is 0.626. The highest BCUT2D eigenvalue weighted by Gasteiger charge is 2.32. The lowest BCUT2D eigenvalue weighted by atomic mass is 10.4. The van der Waals surface area contributed by atoms with Gasteiger partial charge in [0.2, 0.25) is 6.54 Å². The van der Waals surface area contributed by atoms with Crippen molar-refractivity contribution in [1.82, 2.24) is 0 Å². The van der Waals surface area contributed by atoms with Crippen molar-refractivity contribution in [3.8, 4) is 0 Å². The number of hydrogen-bond donors (Lipinski definition) is 0. The number of nitrogens with zero attached hydrogens (tertiary/aromatic N) is 1. The van der Waals surface area contributed by atoms with E-state index in [-0.39, 0.29) is 6.54 Å². The summed E-state index contributed by atoms with van der Waals surface area (Å²) < 4.78 is 35.9. The minimum absolute atomic E-state index is 0.0285. The summed E-state index contributed by atoms with van der Waals surface area (Å²) in [5.41, 5.74) is 0. The summed E-state index contributed by atoms with van der Waals surface area (Å²) in [5, 5.41) is 0. The predicted molar refractivity (Wildman–Crippen MR) is 39.6 cm³/mol. The van der Waals surface area contributed by atoms with E-state index in [1.165, 1.54) is 6.07 Å². The van der Waals surface area contributed by atoms with Crippen LogP contribution in [-0.4, -0.2) is 0 Å². The zero-order valence-electron chi connectivity index (χ0n) is 5.85. The Kier molecular flexibility index (Phi) is 2.38. The van der Waals surface area contributed by atoms with Gasteiger partial charge in [0, 0.05) is 0 Å². The first-order valence-electron chi connectivity index (χ1n) is 3.03. The van der Waals surface area contributed by atoms with E-state index in [0.29, 0.717) is 16.2 Å². The van der Waals surface area contributed by atoms with Crippen LogP contribution in [0.15, 0.2) is 12.1 Å². The molecule has 64 valence electrons. The smallest absolute Gasteiger partial charge is 0.311 e. The van der Waals surface area contributed by atoms with Crippen LogP contribution in [-0.2, 0) is 12.7 Å². The van der Waals surface area contributed by atoms with E-state index in [4.69, 9.17) is 6.57 Å². The van der Waals surface area contributed by atoms with Crippen molar-refractivity contribution in [1.29, 1.82) is 0 Å². The summed E-state index contributed by atoms with van der Waals surface area (Å²) in [5.74, 6) is 0. The van der Waals surface area contributed by atoms with Gasteiger partial charge in [0.15, 0.2) is 0 Å². The molecule has 0 saturated carbocycles. The van der Waals surface area contributed by atoms with E-state index in [1.54, 1.807) is 0 Å². The van der Waals surface area contributed by atoms with Gasteiger partial charge in [0.1, 0.15) is 4.88 Å². The van der Waals surface area contributed by atoms with Crippen molar-refractivity contribution in [2.24, 2.45) is 0 Å². The van der Waals surface area contributed by atoms with Crippen LogP contribution in [0.2, 0.25) is 0 Å². The first-order chi connectivity index (χ1) is 5.54. The summed E-state index contributed by atoms with van der Waals surface area (Å²) in [4.78, 5) is 2.81. The Balaban J connectivity index is 2.86. The monoisotopic (exact) mass is 191 g/mol. The minimum atomic E-state index is -4.27. The number of hydrogen-bond acceptors (Lipinski definition) is 1. The molecule has 1 aromatic heterocycles. The Morgan fingerprint density at radius 1 is 1.42 bits per heavy atom. The van der Waals surface area contributed by atoms with E-state index in [9.17, 15) is 13.2 Å². The summed E-state index contributed by atoms with van der Waals surface area (Å²) in [7, 11) is 0. The standard InChI is InChI=1S/C7H4F3NS/c1-11-4-5-2-3-6(12-5)7(8,9)10/h2-3H,4H2. The summed E-state index contributed by atoms with van der Waals surface area (Å²) in [6.45, 7) is 6.48. The molecule has 0 saturated heterocycles. The quantitative estimate of drug-likeness (QED) is 0.600. The highest BCUT2D eigenvalue weighted by atomic mass is 32.1. The lowest BCUT2D eigenvalue weighted by Gasteiger charge is -1.99. The van der Waals surface area contributed by atoms with Crippen LogP contribution in [0, 0.1) is 6.57 Å². The lowest BCUT2D eigenvalue weighted by molar-refractivity contribution is -0.134.